The molecule has 5 heteroatoms. The molecule has 0 saturated carbocycles. The molecule has 0 unspecified atom stereocenters. The number of aryl methyl sites for hydroxylation is 1. The van der Waals surface area contributed by atoms with E-state index in [-0.39, 0.29) is 6.61 Å². The van der Waals surface area contributed by atoms with Crippen molar-refractivity contribution >= 4 is 17.4 Å². The predicted molar refractivity (Wildman–Crippen MR) is 126 cm³/mol. The molecule has 0 aromatic heterocycles. The third-order valence-corrected chi connectivity index (χ3v) is 6.17. The number of hydrogen-bond acceptors (Lipinski definition) is 5. The number of thioether (sulfide) groups is 1. The maximum Gasteiger partial charge on any atom is 0.162 e. The van der Waals surface area contributed by atoms with Crippen molar-refractivity contribution in [3.63, 3.8) is 0 Å². The molecule has 0 spiro atoms. The van der Waals surface area contributed by atoms with Crippen LogP contribution in [0.25, 0.3) is 0 Å². The summed E-state index contributed by atoms with van der Waals surface area (Å²) in [6, 6.07) is 14.4. The highest BCUT2D eigenvalue weighted by Gasteiger charge is 2.26. The zero-order valence-corrected chi connectivity index (χ0v) is 18.7. The van der Waals surface area contributed by atoms with Crippen LogP contribution in [0.15, 0.2) is 42.5 Å². The molecule has 1 saturated heterocycles. The van der Waals surface area contributed by atoms with Crippen LogP contribution in [-0.4, -0.2) is 35.9 Å². The van der Waals surface area contributed by atoms with Crippen LogP contribution in [0.2, 0.25) is 0 Å². The van der Waals surface area contributed by atoms with Crippen LogP contribution < -0.4 is 14.8 Å². The van der Waals surface area contributed by atoms with Crippen molar-refractivity contribution < 1.29 is 14.6 Å². The van der Waals surface area contributed by atoms with Gasteiger partial charge >= 0.3 is 0 Å². The normalized spacial score (nSPS) is 15.0. The van der Waals surface area contributed by atoms with Gasteiger partial charge in [-0.15, -0.1) is 0 Å². The quantitative estimate of drug-likeness (QED) is 0.589. The molecule has 1 fully saturated rings. The standard InChI is InChI=1S/C25H31NO3S/c1-3-7-21-8-4-5-9-22(21)26-19-20-10-11-23(28-2)24(18-20)29-15-6-12-25(27)13-16-30-17-14-25/h4-5,8-11,18,26-27H,3,7,13-17,19H2,1-2H3. The minimum Gasteiger partial charge on any atom is -0.493 e. The van der Waals surface area contributed by atoms with E-state index in [1.54, 1.807) is 7.11 Å². The zero-order chi connectivity index (χ0) is 21.2. The van der Waals surface area contributed by atoms with E-state index >= 15 is 0 Å². The molecule has 4 nitrogen and oxygen atoms in total. The van der Waals surface area contributed by atoms with E-state index in [2.05, 4.69) is 48.3 Å². The predicted octanol–water partition coefficient (Wildman–Crippen LogP) is 4.90. The molecule has 2 aromatic carbocycles. The third kappa shape index (κ3) is 6.35. The van der Waals surface area contributed by atoms with Gasteiger partial charge in [-0.3, -0.25) is 0 Å². The van der Waals surface area contributed by atoms with Crippen molar-refractivity contribution in [2.45, 2.75) is 44.8 Å². The van der Waals surface area contributed by atoms with Crippen LogP contribution in [0.5, 0.6) is 11.5 Å². The zero-order valence-electron chi connectivity index (χ0n) is 17.9. The molecule has 1 heterocycles. The molecule has 0 amide bonds. The highest BCUT2D eigenvalue weighted by molar-refractivity contribution is 7.99. The van der Waals surface area contributed by atoms with Crippen molar-refractivity contribution in [3.05, 3.63) is 53.6 Å². The van der Waals surface area contributed by atoms with Gasteiger partial charge in [0.05, 0.1) is 7.11 Å². The fourth-order valence-electron chi connectivity index (χ4n) is 3.47. The lowest BCUT2D eigenvalue weighted by molar-refractivity contribution is 0.0925. The van der Waals surface area contributed by atoms with Gasteiger partial charge < -0.3 is 19.9 Å². The molecule has 2 aromatic rings. The summed E-state index contributed by atoms with van der Waals surface area (Å²) in [7, 11) is 1.63. The molecule has 1 aliphatic heterocycles. The number of aliphatic hydroxyl groups is 1. The van der Waals surface area contributed by atoms with Crippen molar-refractivity contribution in [2.75, 3.05) is 30.5 Å². The molecular formula is C25H31NO3S. The summed E-state index contributed by atoms with van der Waals surface area (Å²) in [4.78, 5) is 0. The highest BCUT2D eigenvalue weighted by atomic mass is 32.2. The molecular weight excluding hydrogens is 394 g/mol. The highest BCUT2D eigenvalue weighted by Crippen LogP contribution is 2.29. The molecule has 30 heavy (non-hydrogen) atoms. The van der Waals surface area contributed by atoms with Crippen LogP contribution in [0.1, 0.15) is 37.3 Å². The molecule has 0 radical (unpaired) electrons. The first-order valence-electron chi connectivity index (χ1n) is 10.5. The van der Waals surface area contributed by atoms with E-state index in [0.717, 1.165) is 29.9 Å². The molecule has 160 valence electrons. The first-order valence-corrected chi connectivity index (χ1v) is 11.7. The summed E-state index contributed by atoms with van der Waals surface area (Å²) in [5, 5.41) is 14.0. The summed E-state index contributed by atoms with van der Waals surface area (Å²) in [5.41, 5.74) is 2.74. The SMILES string of the molecule is CCCc1ccccc1NCc1ccc(OC)c(OCC#CC2(O)CCSCC2)c1. The van der Waals surface area contributed by atoms with E-state index in [0.29, 0.717) is 30.9 Å². The van der Waals surface area contributed by atoms with Gasteiger partial charge in [-0.2, -0.15) is 11.8 Å². The molecule has 1 aliphatic rings. The van der Waals surface area contributed by atoms with Gasteiger partial charge in [0.1, 0.15) is 12.2 Å². The lowest BCUT2D eigenvalue weighted by atomic mass is 9.98. The second-order valence-electron chi connectivity index (χ2n) is 7.48. The lowest BCUT2D eigenvalue weighted by Crippen LogP contribution is -2.31. The average molecular weight is 426 g/mol. The van der Waals surface area contributed by atoms with Crippen LogP contribution in [-0.2, 0) is 13.0 Å². The number of nitrogens with one attached hydrogen (secondary N) is 1. The Morgan fingerprint density at radius 3 is 2.70 bits per heavy atom. The van der Waals surface area contributed by atoms with E-state index in [9.17, 15) is 5.11 Å². The fourth-order valence-corrected chi connectivity index (χ4v) is 4.64. The van der Waals surface area contributed by atoms with Gasteiger partial charge in [-0.1, -0.05) is 49.5 Å². The summed E-state index contributed by atoms with van der Waals surface area (Å²) >= 11 is 1.86. The number of anilines is 1. The van der Waals surface area contributed by atoms with Gasteiger partial charge in [-0.25, -0.2) is 0 Å². The van der Waals surface area contributed by atoms with Crippen molar-refractivity contribution in [1.29, 1.82) is 0 Å². The monoisotopic (exact) mass is 425 g/mol. The van der Waals surface area contributed by atoms with Gasteiger partial charge in [0.2, 0.25) is 0 Å². The molecule has 0 bridgehead atoms. The fraction of sp³-hybridized carbons (Fsp3) is 0.440. The first kappa shape index (κ1) is 22.4. The number of hydrogen-bond donors (Lipinski definition) is 2. The first-order chi connectivity index (χ1) is 14.6. The van der Waals surface area contributed by atoms with Crippen LogP contribution in [0.4, 0.5) is 5.69 Å². The Balaban J connectivity index is 1.62. The van der Waals surface area contributed by atoms with Crippen molar-refractivity contribution in [2.24, 2.45) is 0 Å². The minimum atomic E-state index is -0.865. The van der Waals surface area contributed by atoms with Crippen LogP contribution in [0, 0.1) is 11.8 Å². The number of para-hydroxylation sites is 1. The number of rotatable bonds is 8. The molecule has 2 N–H and O–H groups in total. The van der Waals surface area contributed by atoms with Gasteiger partial charge in [-0.05, 0) is 60.1 Å². The molecule has 0 aliphatic carbocycles. The maximum atomic E-state index is 10.5. The van der Waals surface area contributed by atoms with Crippen molar-refractivity contribution in [3.8, 4) is 23.3 Å². The Kier molecular flexibility index (Phi) is 8.36. The van der Waals surface area contributed by atoms with Crippen LogP contribution >= 0.6 is 11.8 Å². The summed E-state index contributed by atoms with van der Waals surface area (Å²) < 4.78 is 11.3. The van der Waals surface area contributed by atoms with E-state index in [1.165, 1.54) is 11.3 Å². The van der Waals surface area contributed by atoms with E-state index in [4.69, 9.17) is 9.47 Å². The Morgan fingerprint density at radius 1 is 1.13 bits per heavy atom. The number of benzene rings is 2. The largest absolute Gasteiger partial charge is 0.493 e. The smallest absolute Gasteiger partial charge is 0.162 e. The van der Waals surface area contributed by atoms with Gasteiger partial charge in [0, 0.05) is 12.2 Å². The Labute approximate surface area is 184 Å². The second kappa shape index (κ2) is 11.2. The van der Waals surface area contributed by atoms with Crippen molar-refractivity contribution in [1.82, 2.24) is 0 Å². The third-order valence-electron chi connectivity index (χ3n) is 5.19. The van der Waals surface area contributed by atoms with Gasteiger partial charge in [0.15, 0.2) is 11.5 Å². The average Bonchev–Trinajstić information content (AvgIpc) is 2.77. The Morgan fingerprint density at radius 2 is 1.93 bits per heavy atom. The minimum absolute atomic E-state index is 0.224. The van der Waals surface area contributed by atoms with E-state index < -0.39 is 5.60 Å². The Bertz CT molecular complexity index is 881. The maximum absolute atomic E-state index is 10.5. The summed E-state index contributed by atoms with van der Waals surface area (Å²) in [6.07, 6.45) is 3.61. The number of methoxy groups -OCH3 is 1. The topological polar surface area (TPSA) is 50.7 Å². The lowest BCUT2D eigenvalue weighted by Gasteiger charge is -2.26. The van der Waals surface area contributed by atoms with Crippen LogP contribution in [0.3, 0.4) is 0 Å². The molecule has 3 rings (SSSR count). The second-order valence-corrected chi connectivity index (χ2v) is 8.71. The number of ether oxygens (including phenoxy) is 2. The molecule has 0 atom stereocenters. The summed E-state index contributed by atoms with van der Waals surface area (Å²) in [6.45, 7) is 3.12. The summed E-state index contributed by atoms with van der Waals surface area (Å²) in [5.74, 6) is 9.25. The van der Waals surface area contributed by atoms with Gasteiger partial charge in [0.25, 0.3) is 0 Å². The Hall–Kier alpha value is -2.29. The van der Waals surface area contributed by atoms with E-state index in [1.807, 2.05) is 30.0 Å².